The number of hydrogen-bond acceptors (Lipinski definition) is 12. The third kappa shape index (κ3) is 6.71. The summed E-state index contributed by atoms with van der Waals surface area (Å²) in [5.41, 5.74) is 1.73. The fraction of sp³-hybridized carbons (Fsp3) is 0.583. The summed E-state index contributed by atoms with van der Waals surface area (Å²) in [5.74, 6) is -3.23. The van der Waals surface area contributed by atoms with Crippen LogP contribution in [-0.2, 0) is 57.1 Å². The van der Waals surface area contributed by atoms with Gasteiger partial charge in [0.05, 0.1) is 25.4 Å². The van der Waals surface area contributed by atoms with E-state index in [-0.39, 0.29) is 6.61 Å². The minimum atomic E-state index is -1.37. The molecule has 0 saturated carbocycles. The van der Waals surface area contributed by atoms with Crippen LogP contribution in [-0.4, -0.2) is 80.7 Å². The number of esters is 4. The first-order valence-corrected chi connectivity index (χ1v) is 11.3. The Morgan fingerprint density at radius 2 is 1.58 bits per heavy atom. The zero-order chi connectivity index (χ0) is 26.4. The standard InChI is InChI=1S/C24H30O12/c1-6-17-18-7-8-29-9-16(18)10-31-23(17)36-24-22(34-15(5)28)21(33-14(4)27)20(32-13(3)26)19(35-24)11-30-12(2)25/h6-7,10,17,19-24H,1,8-9,11H2,2-5H3/t17-,19+,20-,21+,22-,23+,24-/m1/s1. The van der Waals surface area contributed by atoms with Crippen LogP contribution in [0.25, 0.3) is 0 Å². The molecule has 198 valence electrons. The number of ether oxygens (including phenoxy) is 8. The maximum Gasteiger partial charge on any atom is 0.303 e. The van der Waals surface area contributed by atoms with E-state index in [0.717, 1.165) is 31.9 Å². The SMILES string of the molecule is C=C[C@@H]1C2=CCOCC2=CO[C@H]1O[C@H]1O[C@@H](COC(C)=O)[C@@H](OC(C)=O)[C@H](OC(C)=O)[C@H]1OC(C)=O. The first kappa shape index (κ1) is 27.4. The van der Waals surface area contributed by atoms with Crippen LogP contribution in [0.4, 0.5) is 0 Å². The Labute approximate surface area is 208 Å². The van der Waals surface area contributed by atoms with Crippen molar-refractivity contribution in [1.29, 1.82) is 0 Å². The molecule has 3 aliphatic heterocycles. The highest BCUT2D eigenvalue weighted by Crippen LogP contribution is 2.37. The molecule has 36 heavy (non-hydrogen) atoms. The molecular formula is C24H30O12. The van der Waals surface area contributed by atoms with Crippen molar-refractivity contribution in [2.75, 3.05) is 19.8 Å². The predicted molar refractivity (Wildman–Crippen MR) is 119 cm³/mol. The van der Waals surface area contributed by atoms with Crippen LogP contribution in [0.1, 0.15) is 27.7 Å². The van der Waals surface area contributed by atoms with E-state index < -0.39 is 66.8 Å². The van der Waals surface area contributed by atoms with Crippen molar-refractivity contribution in [1.82, 2.24) is 0 Å². The number of carbonyl (C=O) groups excluding carboxylic acids is 4. The lowest BCUT2D eigenvalue weighted by atomic mass is 9.89. The third-order valence-electron chi connectivity index (χ3n) is 5.52. The van der Waals surface area contributed by atoms with Crippen LogP contribution in [0, 0.1) is 5.92 Å². The lowest BCUT2D eigenvalue weighted by Crippen LogP contribution is -2.63. The molecule has 7 atom stereocenters. The molecule has 0 aromatic heterocycles. The molecule has 0 amide bonds. The normalized spacial score (nSPS) is 31.4. The number of rotatable bonds is 8. The molecule has 0 bridgehead atoms. The lowest BCUT2D eigenvalue weighted by molar-refractivity contribution is -0.339. The van der Waals surface area contributed by atoms with Crippen molar-refractivity contribution in [3.05, 3.63) is 36.1 Å². The summed E-state index contributed by atoms with van der Waals surface area (Å²) in [4.78, 5) is 47.3. The monoisotopic (exact) mass is 510 g/mol. The highest BCUT2D eigenvalue weighted by atomic mass is 16.8. The summed E-state index contributed by atoms with van der Waals surface area (Å²) in [6, 6.07) is 0. The highest BCUT2D eigenvalue weighted by molar-refractivity contribution is 5.68. The van der Waals surface area contributed by atoms with Crippen molar-refractivity contribution in [3.63, 3.8) is 0 Å². The Hall–Kier alpha value is -3.22. The smallest absolute Gasteiger partial charge is 0.303 e. The average Bonchev–Trinajstić information content (AvgIpc) is 2.80. The molecule has 12 nitrogen and oxygen atoms in total. The largest absolute Gasteiger partial charge is 0.471 e. The van der Waals surface area contributed by atoms with E-state index in [2.05, 4.69) is 6.58 Å². The van der Waals surface area contributed by atoms with Gasteiger partial charge in [-0.2, -0.15) is 0 Å². The van der Waals surface area contributed by atoms with E-state index in [0.29, 0.717) is 13.2 Å². The van der Waals surface area contributed by atoms with Crippen LogP contribution in [0.2, 0.25) is 0 Å². The Kier molecular flexibility index (Phi) is 9.24. The topological polar surface area (TPSA) is 142 Å². The summed E-state index contributed by atoms with van der Waals surface area (Å²) in [7, 11) is 0. The van der Waals surface area contributed by atoms with Gasteiger partial charge in [0.1, 0.15) is 12.7 Å². The molecule has 0 N–H and O–H groups in total. The maximum atomic E-state index is 12.0. The van der Waals surface area contributed by atoms with E-state index in [4.69, 9.17) is 37.9 Å². The minimum absolute atomic E-state index is 0.360. The first-order valence-electron chi connectivity index (χ1n) is 11.3. The van der Waals surface area contributed by atoms with E-state index in [9.17, 15) is 19.2 Å². The van der Waals surface area contributed by atoms with Gasteiger partial charge < -0.3 is 37.9 Å². The van der Waals surface area contributed by atoms with Gasteiger partial charge in [-0.05, 0) is 5.57 Å². The number of hydrogen-bond donors (Lipinski definition) is 0. The highest BCUT2D eigenvalue weighted by Gasteiger charge is 2.54. The van der Waals surface area contributed by atoms with E-state index >= 15 is 0 Å². The van der Waals surface area contributed by atoms with Crippen LogP contribution in [0.15, 0.2) is 36.1 Å². The molecule has 0 radical (unpaired) electrons. The van der Waals surface area contributed by atoms with E-state index in [1.54, 1.807) is 6.08 Å². The second-order valence-corrected chi connectivity index (χ2v) is 8.29. The van der Waals surface area contributed by atoms with Crippen molar-refractivity contribution in [2.45, 2.75) is 64.7 Å². The second-order valence-electron chi connectivity index (χ2n) is 8.29. The molecule has 3 aliphatic rings. The van der Waals surface area contributed by atoms with Crippen LogP contribution in [0.3, 0.4) is 0 Å². The molecule has 0 aliphatic carbocycles. The average molecular weight is 510 g/mol. The zero-order valence-corrected chi connectivity index (χ0v) is 20.5. The fourth-order valence-electron chi connectivity index (χ4n) is 4.15. The first-order chi connectivity index (χ1) is 17.1. The quantitative estimate of drug-likeness (QED) is 0.262. The van der Waals surface area contributed by atoms with Crippen molar-refractivity contribution < 1.29 is 57.1 Å². The minimum Gasteiger partial charge on any atom is -0.471 e. The van der Waals surface area contributed by atoms with Crippen molar-refractivity contribution >= 4 is 23.9 Å². The van der Waals surface area contributed by atoms with Gasteiger partial charge in [-0.15, -0.1) is 6.58 Å². The Morgan fingerprint density at radius 3 is 2.19 bits per heavy atom. The molecule has 3 heterocycles. The molecule has 0 unspecified atom stereocenters. The summed E-state index contributed by atoms with van der Waals surface area (Å²) < 4.78 is 44.6. The van der Waals surface area contributed by atoms with E-state index in [1.807, 2.05) is 6.08 Å². The summed E-state index contributed by atoms with van der Waals surface area (Å²) >= 11 is 0. The van der Waals surface area contributed by atoms with Crippen LogP contribution in [0.5, 0.6) is 0 Å². The Balaban J connectivity index is 1.96. The number of fused-ring (bicyclic) bond motifs is 1. The van der Waals surface area contributed by atoms with Gasteiger partial charge in [-0.3, -0.25) is 19.2 Å². The van der Waals surface area contributed by atoms with Gasteiger partial charge in [0, 0.05) is 33.3 Å². The van der Waals surface area contributed by atoms with Gasteiger partial charge in [-0.25, -0.2) is 0 Å². The van der Waals surface area contributed by atoms with Crippen LogP contribution < -0.4 is 0 Å². The van der Waals surface area contributed by atoms with Crippen LogP contribution >= 0.6 is 0 Å². The lowest BCUT2D eigenvalue weighted by Gasteiger charge is -2.45. The molecule has 3 rings (SSSR count). The summed E-state index contributed by atoms with van der Waals surface area (Å²) in [6.07, 6.45) is -2.40. The summed E-state index contributed by atoms with van der Waals surface area (Å²) in [5, 5.41) is 0. The predicted octanol–water partition coefficient (Wildman–Crippen LogP) is 1.09. The molecule has 1 fully saturated rings. The summed E-state index contributed by atoms with van der Waals surface area (Å²) in [6.45, 7) is 8.91. The molecule has 0 aromatic rings. The maximum absolute atomic E-state index is 12.0. The Morgan fingerprint density at radius 1 is 0.944 bits per heavy atom. The van der Waals surface area contributed by atoms with E-state index in [1.165, 1.54) is 13.2 Å². The van der Waals surface area contributed by atoms with Crippen molar-refractivity contribution in [3.8, 4) is 0 Å². The second kappa shape index (κ2) is 12.2. The third-order valence-corrected chi connectivity index (χ3v) is 5.52. The molecule has 0 aromatic carbocycles. The molecule has 0 spiro atoms. The van der Waals surface area contributed by atoms with Gasteiger partial charge >= 0.3 is 23.9 Å². The number of carbonyl (C=O) groups is 4. The van der Waals surface area contributed by atoms with Gasteiger partial charge in [-0.1, -0.05) is 12.2 Å². The Bertz CT molecular complexity index is 937. The molecular weight excluding hydrogens is 480 g/mol. The zero-order valence-electron chi connectivity index (χ0n) is 20.5. The van der Waals surface area contributed by atoms with Crippen molar-refractivity contribution in [2.24, 2.45) is 5.92 Å². The molecule has 1 saturated heterocycles. The molecule has 12 heteroatoms. The van der Waals surface area contributed by atoms with Gasteiger partial charge in [0.2, 0.25) is 12.6 Å². The van der Waals surface area contributed by atoms with Gasteiger partial charge in [0.25, 0.3) is 0 Å². The van der Waals surface area contributed by atoms with Gasteiger partial charge in [0.15, 0.2) is 18.3 Å². The fourth-order valence-corrected chi connectivity index (χ4v) is 4.15.